The van der Waals surface area contributed by atoms with E-state index in [2.05, 4.69) is 10.6 Å². The summed E-state index contributed by atoms with van der Waals surface area (Å²) < 4.78 is 16.8. The second-order valence-electron chi connectivity index (χ2n) is 10.6. The Hall–Kier alpha value is -4.20. The largest absolute Gasteiger partial charge is 0.496 e. The van der Waals surface area contributed by atoms with Crippen molar-refractivity contribution < 1.29 is 23.8 Å². The van der Waals surface area contributed by atoms with Crippen molar-refractivity contribution in [1.29, 1.82) is 0 Å². The van der Waals surface area contributed by atoms with Gasteiger partial charge in [0, 0.05) is 37.2 Å². The molecule has 0 spiro atoms. The van der Waals surface area contributed by atoms with Gasteiger partial charge in [-0.05, 0) is 55.7 Å². The highest BCUT2D eigenvalue weighted by Crippen LogP contribution is 2.45. The van der Waals surface area contributed by atoms with Gasteiger partial charge in [-0.15, -0.1) is 0 Å². The summed E-state index contributed by atoms with van der Waals surface area (Å²) in [5.41, 5.74) is 4.34. The van der Waals surface area contributed by atoms with Crippen LogP contribution >= 0.6 is 0 Å². The molecule has 0 saturated carbocycles. The molecule has 8 heteroatoms. The highest BCUT2D eigenvalue weighted by atomic mass is 16.5. The van der Waals surface area contributed by atoms with Crippen molar-refractivity contribution in [2.24, 2.45) is 5.92 Å². The van der Waals surface area contributed by atoms with Crippen molar-refractivity contribution in [3.63, 3.8) is 0 Å². The molecule has 206 valence electrons. The van der Waals surface area contributed by atoms with Crippen LogP contribution in [0.5, 0.6) is 17.2 Å². The molecule has 0 saturated heterocycles. The molecule has 0 fully saturated rings. The third kappa shape index (κ3) is 5.79. The van der Waals surface area contributed by atoms with Crippen molar-refractivity contribution in [1.82, 2.24) is 0 Å². The molecule has 4 rings (SSSR count). The monoisotopic (exact) mass is 531 g/mol. The van der Waals surface area contributed by atoms with Crippen LogP contribution in [0.2, 0.25) is 0 Å². The third-order valence-corrected chi connectivity index (χ3v) is 6.74. The lowest BCUT2D eigenvalue weighted by Crippen LogP contribution is -2.52. The molecule has 1 aliphatic rings. The Bertz CT molecular complexity index is 1380. The molecular weight excluding hydrogens is 494 g/mol. The Morgan fingerprint density at radius 3 is 2.38 bits per heavy atom. The Labute approximate surface area is 230 Å². The normalized spacial score (nSPS) is 13.9. The summed E-state index contributed by atoms with van der Waals surface area (Å²) in [4.78, 5) is 27.3. The third-order valence-electron chi connectivity index (χ3n) is 6.74. The number of carbonyl (C=O) groups is 2. The SMILES string of the molecule is COc1ccccc1NCc1c(-c2ccc(OC(=O)CC(C)C)cc2OC)ccc2c1N(C)C(=O)C(C)(C)N2. The molecule has 3 aromatic rings. The number of rotatable bonds is 9. The lowest BCUT2D eigenvalue weighted by molar-refractivity contribution is -0.135. The summed E-state index contributed by atoms with van der Waals surface area (Å²) in [5.74, 6) is 1.57. The number of likely N-dealkylation sites (N-methyl/N-ethyl adjacent to an activating group) is 1. The van der Waals surface area contributed by atoms with Crippen molar-refractivity contribution in [2.45, 2.75) is 46.2 Å². The maximum atomic E-state index is 13.3. The number of ether oxygens (including phenoxy) is 3. The van der Waals surface area contributed by atoms with E-state index in [9.17, 15) is 9.59 Å². The average molecular weight is 532 g/mol. The molecular formula is C31H37N3O5. The number of esters is 1. The maximum absolute atomic E-state index is 13.3. The number of nitrogens with one attached hydrogen (secondary N) is 2. The molecule has 1 heterocycles. The first-order chi connectivity index (χ1) is 18.6. The van der Waals surface area contributed by atoms with Crippen molar-refractivity contribution in [3.8, 4) is 28.4 Å². The van der Waals surface area contributed by atoms with E-state index in [4.69, 9.17) is 14.2 Å². The minimum absolute atomic E-state index is 0.0370. The summed E-state index contributed by atoms with van der Waals surface area (Å²) in [5, 5.41) is 6.89. The first kappa shape index (κ1) is 27.8. The van der Waals surface area contributed by atoms with Crippen LogP contribution in [0, 0.1) is 5.92 Å². The zero-order valence-electron chi connectivity index (χ0n) is 23.7. The molecule has 0 bridgehead atoms. The fourth-order valence-electron chi connectivity index (χ4n) is 4.90. The minimum atomic E-state index is -0.740. The van der Waals surface area contributed by atoms with Gasteiger partial charge >= 0.3 is 5.97 Å². The van der Waals surface area contributed by atoms with Crippen LogP contribution < -0.4 is 29.7 Å². The highest BCUT2D eigenvalue weighted by molar-refractivity contribution is 6.09. The van der Waals surface area contributed by atoms with Crippen LogP contribution in [-0.4, -0.2) is 38.7 Å². The van der Waals surface area contributed by atoms with E-state index in [0.717, 1.165) is 39.5 Å². The van der Waals surface area contributed by atoms with Crippen LogP contribution in [0.4, 0.5) is 17.1 Å². The minimum Gasteiger partial charge on any atom is -0.496 e. The Morgan fingerprint density at radius 1 is 1.00 bits per heavy atom. The quantitative estimate of drug-likeness (QED) is 0.255. The zero-order valence-corrected chi connectivity index (χ0v) is 23.7. The predicted octanol–water partition coefficient (Wildman–Crippen LogP) is 6.10. The number of hydrogen-bond donors (Lipinski definition) is 2. The van der Waals surface area contributed by atoms with E-state index >= 15 is 0 Å². The van der Waals surface area contributed by atoms with Crippen LogP contribution in [-0.2, 0) is 16.1 Å². The summed E-state index contributed by atoms with van der Waals surface area (Å²) in [6, 6.07) is 17.1. The zero-order chi connectivity index (χ0) is 28.3. The van der Waals surface area contributed by atoms with Crippen molar-refractivity contribution in [3.05, 3.63) is 60.2 Å². The molecule has 0 aromatic heterocycles. The van der Waals surface area contributed by atoms with Crippen LogP contribution in [0.15, 0.2) is 54.6 Å². The number of carbonyl (C=O) groups excluding carboxylic acids is 2. The van der Waals surface area contributed by atoms with Gasteiger partial charge in [-0.1, -0.05) is 32.0 Å². The molecule has 0 atom stereocenters. The van der Waals surface area contributed by atoms with Crippen molar-refractivity contribution in [2.75, 3.05) is 36.8 Å². The first-order valence-corrected chi connectivity index (χ1v) is 13.0. The number of para-hydroxylation sites is 2. The van der Waals surface area contributed by atoms with Gasteiger partial charge in [-0.3, -0.25) is 9.59 Å². The van der Waals surface area contributed by atoms with E-state index in [0.29, 0.717) is 24.5 Å². The fourth-order valence-corrected chi connectivity index (χ4v) is 4.90. The number of methoxy groups -OCH3 is 2. The van der Waals surface area contributed by atoms with E-state index in [1.807, 2.05) is 70.2 Å². The fraction of sp³-hybridized carbons (Fsp3) is 0.355. The molecule has 1 aliphatic heterocycles. The van der Waals surface area contributed by atoms with E-state index in [1.54, 1.807) is 38.3 Å². The number of anilines is 3. The molecule has 2 N–H and O–H groups in total. The number of benzene rings is 3. The van der Waals surface area contributed by atoms with Gasteiger partial charge in [-0.2, -0.15) is 0 Å². The van der Waals surface area contributed by atoms with Crippen LogP contribution in [0.1, 0.15) is 39.7 Å². The lowest BCUT2D eigenvalue weighted by Gasteiger charge is -2.40. The molecule has 0 aliphatic carbocycles. The predicted molar refractivity (Wildman–Crippen MR) is 155 cm³/mol. The summed E-state index contributed by atoms with van der Waals surface area (Å²) in [7, 11) is 5.02. The first-order valence-electron chi connectivity index (χ1n) is 13.0. The van der Waals surface area contributed by atoms with Gasteiger partial charge in [0.2, 0.25) is 0 Å². The second kappa shape index (κ2) is 11.3. The van der Waals surface area contributed by atoms with Crippen molar-refractivity contribution >= 4 is 28.9 Å². The smallest absolute Gasteiger partial charge is 0.311 e. The highest BCUT2D eigenvalue weighted by Gasteiger charge is 2.38. The molecule has 0 unspecified atom stereocenters. The Balaban J connectivity index is 1.81. The van der Waals surface area contributed by atoms with Crippen LogP contribution in [0.3, 0.4) is 0 Å². The number of hydrogen-bond acceptors (Lipinski definition) is 7. The molecule has 8 nitrogen and oxygen atoms in total. The summed E-state index contributed by atoms with van der Waals surface area (Å²) in [6.45, 7) is 8.10. The summed E-state index contributed by atoms with van der Waals surface area (Å²) in [6.07, 6.45) is 0.331. The second-order valence-corrected chi connectivity index (χ2v) is 10.6. The van der Waals surface area contributed by atoms with Gasteiger partial charge in [0.05, 0.1) is 31.3 Å². The van der Waals surface area contributed by atoms with Crippen LogP contribution in [0.25, 0.3) is 11.1 Å². The maximum Gasteiger partial charge on any atom is 0.311 e. The van der Waals surface area contributed by atoms with Gasteiger partial charge in [0.25, 0.3) is 5.91 Å². The number of amides is 1. The average Bonchev–Trinajstić information content (AvgIpc) is 2.90. The number of nitrogens with zero attached hydrogens (tertiary/aromatic N) is 1. The lowest BCUT2D eigenvalue weighted by atomic mass is 9.91. The van der Waals surface area contributed by atoms with E-state index < -0.39 is 5.54 Å². The van der Waals surface area contributed by atoms with Gasteiger partial charge < -0.3 is 29.7 Å². The van der Waals surface area contributed by atoms with E-state index in [1.165, 1.54) is 0 Å². The number of fused-ring (bicyclic) bond motifs is 1. The van der Waals surface area contributed by atoms with E-state index in [-0.39, 0.29) is 17.8 Å². The molecule has 1 amide bonds. The van der Waals surface area contributed by atoms with Gasteiger partial charge in [0.15, 0.2) is 0 Å². The Morgan fingerprint density at radius 2 is 1.69 bits per heavy atom. The molecule has 0 radical (unpaired) electrons. The van der Waals surface area contributed by atoms with Gasteiger partial charge in [-0.25, -0.2) is 0 Å². The molecule has 3 aromatic carbocycles. The topological polar surface area (TPSA) is 89.1 Å². The molecule has 39 heavy (non-hydrogen) atoms. The summed E-state index contributed by atoms with van der Waals surface area (Å²) >= 11 is 0. The Kier molecular flexibility index (Phi) is 8.04. The van der Waals surface area contributed by atoms with Gasteiger partial charge in [0.1, 0.15) is 22.8 Å². The standard InChI is InChI=1S/C31H37N3O5/c1-19(2)16-28(35)39-20-12-13-22(27(17-20)38-7)21-14-15-25-29(34(5)30(36)31(3,4)33-25)23(21)18-32-24-10-8-9-11-26(24)37-6/h8-15,17,19,32-33H,16,18H2,1-7H3.